The van der Waals surface area contributed by atoms with Crippen molar-refractivity contribution in [2.45, 2.75) is 25.2 Å². The van der Waals surface area contributed by atoms with E-state index in [9.17, 15) is 8.42 Å². The van der Waals surface area contributed by atoms with Crippen LogP contribution >= 0.6 is 11.3 Å². The standard InChI is InChI=1S/C16H16N2O2S2/c1-3-12-4-7-14(8-5-12)22(19,20)18-13-6-9-16-15(10-13)17-11(2)21-16/h4-10,18H,3H2,1-2H3. The van der Waals surface area contributed by atoms with Crippen molar-refractivity contribution in [2.24, 2.45) is 0 Å². The van der Waals surface area contributed by atoms with Crippen molar-refractivity contribution in [3.63, 3.8) is 0 Å². The summed E-state index contributed by atoms with van der Waals surface area (Å²) in [4.78, 5) is 4.65. The molecule has 3 aromatic rings. The zero-order valence-corrected chi connectivity index (χ0v) is 14.0. The van der Waals surface area contributed by atoms with Crippen LogP contribution in [0.5, 0.6) is 0 Å². The molecule has 0 spiro atoms. The van der Waals surface area contributed by atoms with Gasteiger partial charge in [-0.05, 0) is 49.2 Å². The van der Waals surface area contributed by atoms with Crippen molar-refractivity contribution in [3.8, 4) is 0 Å². The summed E-state index contributed by atoms with van der Waals surface area (Å²) in [5, 5.41) is 0.963. The smallest absolute Gasteiger partial charge is 0.261 e. The topological polar surface area (TPSA) is 59.1 Å². The lowest BCUT2D eigenvalue weighted by atomic mass is 10.2. The van der Waals surface area contributed by atoms with Gasteiger partial charge in [0.05, 0.1) is 25.8 Å². The number of nitrogens with zero attached hydrogens (tertiary/aromatic N) is 1. The molecular formula is C16H16N2O2S2. The Morgan fingerprint density at radius 1 is 1.14 bits per heavy atom. The molecule has 0 aliphatic rings. The van der Waals surface area contributed by atoms with Crippen LogP contribution in [0.15, 0.2) is 47.4 Å². The van der Waals surface area contributed by atoms with E-state index in [0.717, 1.165) is 27.2 Å². The molecule has 22 heavy (non-hydrogen) atoms. The van der Waals surface area contributed by atoms with Crippen molar-refractivity contribution in [1.29, 1.82) is 0 Å². The number of benzene rings is 2. The average molecular weight is 332 g/mol. The highest BCUT2D eigenvalue weighted by atomic mass is 32.2. The van der Waals surface area contributed by atoms with Crippen molar-refractivity contribution in [2.75, 3.05) is 4.72 Å². The number of thiazole rings is 1. The predicted octanol–water partition coefficient (Wildman–Crippen LogP) is 3.97. The number of hydrogen-bond acceptors (Lipinski definition) is 4. The summed E-state index contributed by atoms with van der Waals surface area (Å²) >= 11 is 1.59. The highest BCUT2D eigenvalue weighted by Crippen LogP contribution is 2.25. The quantitative estimate of drug-likeness (QED) is 0.786. The van der Waals surface area contributed by atoms with E-state index in [1.165, 1.54) is 0 Å². The molecule has 0 radical (unpaired) electrons. The van der Waals surface area contributed by atoms with E-state index >= 15 is 0 Å². The Labute approximate surface area is 133 Å². The number of rotatable bonds is 4. The molecule has 0 saturated heterocycles. The van der Waals surface area contributed by atoms with Gasteiger partial charge < -0.3 is 0 Å². The first kappa shape index (κ1) is 15.0. The van der Waals surface area contributed by atoms with Gasteiger partial charge in [-0.15, -0.1) is 11.3 Å². The molecule has 6 heteroatoms. The molecule has 0 unspecified atom stereocenters. The van der Waals surface area contributed by atoms with Gasteiger partial charge in [0.2, 0.25) is 0 Å². The molecular weight excluding hydrogens is 316 g/mol. The van der Waals surface area contributed by atoms with Crippen LogP contribution in [-0.2, 0) is 16.4 Å². The van der Waals surface area contributed by atoms with Crippen molar-refractivity contribution in [3.05, 3.63) is 53.0 Å². The SMILES string of the molecule is CCc1ccc(S(=O)(=O)Nc2ccc3sc(C)nc3c2)cc1. The molecule has 1 aromatic heterocycles. The van der Waals surface area contributed by atoms with E-state index in [1.54, 1.807) is 35.6 Å². The molecule has 0 aliphatic carbocycles. The molecule has 0 aliphatic heterocycles. The van der Waals surface area contributed by atoms with Crippen LogP contribution in [0.3, 0.4) is 0 Å². The monoisotopic (exact) mass is 332 g/mol. The number of anilines is 1. The second-order valence-corrected chi connectivity index (χ2v) is 7.94. The molecule has 0 fully saturated rings. The van der Waals surface area contributed by atoms with E-state index in [1.807, 2.05) is 32.0 Å². The second kappa shape index (κ2) is 5.70. The zero-order valence-electron chi connectivity index (χ0n) is 12.3. The molecule has 0 saturated carbocycles. The number of aromatic nitrogens is 1. The highest BCUT2D eigenvalue weighted by Gasteiger charge is 2.14. The average Bonchev–Trinajstić information content (AvgIpc) is 2.86. The van der Waals surface area contributed by atoms with E-state index in [-0.39, 0.29) is 4.90 Å². The maximum Gasteiger partial charge on any atom is 0.261 e. The molecule has 0 amide bonds. The maximum absolute atomic E-state index is 12.4. The lowest BCUT2D eigenvalue weighted by Crippen LogP contribution is -2.12. The van der Waals surface area contributed by atoms with E-state index in [2.05, 4.69) is 9.71 Å². The fraction of sp³-hybridized carbons (Fsp3) is 0.188. The molecule has 4 nitrogen and oxygen atoms in total. The summed E-state index contributed by atoms with van der Waals surface area (Å²) in [5.41, 5.74) is 2.44. The Morgan fingerprint density at radius 2 is 1.86 bits per heavy atom. The van der Waals surface area contributed by atoms with Gasteiger partial charge >= 0.3 is 0 Å². The molecule has 2 aromatic carbocycles. The Hall–Kier alpha value is -1.92. The number of aryl methyl sites for hydroxylation is 2. The first-order chi connectivity index (χ1) is 10.5. The van der Waals surface area contributed by atoms with Crippen molar-refractivity contribution in [1.82, 2.24) is 4.98 Å². The molecule has 1 N–H and O–H groups in total. The maximum atomic E-state index is 12.4. The van der Waals surface area contributed by atoms with Crippen LogP contribution < -0.4 is 4.72 Å². The summed E-state index contributed by atoms with van der Waals surface area (Å²) in [5.74, 6) is 0. The Balaban J connectivity index is 1.91. The third kappa shape index (κ3) is 2.98. The van der Waals surface area contributed by atoms with Crippen LogP contribution in [0.4, 0.5) is 5.69 Å². The first-order valence-corrected chi connectivity index (χ1v) is 9.27. The fourth-order valence-electron chi connectivity index (χ4n) is 2.22. The lowest BCUT2D eigenvalue weighted by Gasteiger charge is -2.08. The van der Waals surface area contributed by atoms with Crippen LogP contribution in [0.2, 0.25) is 0 Å². The Kier molecular flexibility index (Phi) is 3.88. The van der Waals surface area contributed by atoms with Gasteiger partial charge in [0, 0.05) is 0 Å². The zero-order chi connectivity index (χ0) is 15.7. The van der Waals surface area contributed by atoms with E-state index in [4.69, 9.17) is 0 Å². The van der Waals surface area contributed by atoms with Gasteiger partial charge in [-0.2, -0.15) is 0 Å². The Bertz CT molecular complexity index is 913. The number of fused-ring (bicyclic) bond motifs is 1. The molecule has 0 atom stereocenters. The Morgan fingerprint density at radius 3 is 2.55 bits per heavy atom. The molecule has 3 rings (SSSR count). The van der Waals surface area contributed by atoms with Crippen molar-refractivity contribution >= 4 is 37.3 Å². The summed E-state index contributed by atoms with van der Waals surface area (Å²) in [6.45, 7) is 3.97. The van der Waals surface area contributed by atoms with Gasteiger partial charge in [0.15, 0.2) is 0 Å². The first-order valence-electron chi connectivity index (χ1n) is 6.97. The summed E-state index contributed by atoms with van der Waals surface area (Å²) < 4.78 is 28.5. The van der Waals surface area contributed by atoms with Crippen LogP contribution in [0.1, 0.15) is 17.5 Å². The fourth-order valence-corrected chi connectivity index (χ4v) is 4.08. The van der Waals surface area contributed by atoms with Crippen LogP contribution in [0.25, 0.3) is 10.2 Å². The minimum absolute atomic E-state index is 0.263. The minimum atomic E-state index is -3.57. The van der Waals surface area contributed by atoms with Crippen LogP contribution in [0, 0.1) is 6.92 Å². The van der Waals surface area contributed by atoms with Crippen LogP contribution in [-0.4, -0.2) is 13.4 Å². The minimum Gasteiger partial charge on any atom is -0.280 e. The third-order valence-electron chi connectivity index (χ3n) is 3.39. The summed E-state index contributed by atoms with van der Waals surface area (Å²) in [7, 11) is -3.57. The molecule has 0 bridgehead atoms. The predicted molar refractivity (Wildman–Crippen MR) is 91.0 cm³/mol. The number of hydrogen-bond donors (Lipinski definition) is 1. The van der Waals surface area contributed by atoms with Crippen molar-refractivity contribution < 1.29 is 8.42 Å². The van der Waals surface area contributed by atoms with Gasteiger partial charge in [0.25, 0.3) is 10.0 Å². The molecule has 1 heterocycles. The second-order valence-electron chi connectivity index (χ2n) is 5.02. The van der Waals surface area contributed by atoms with Gasteiger partial charge in [-0.1, -0.05) is 19.1 Å². The van der Waals surface area contributed by atoms with Gasteiger partial charge in [-0.3, -0.25) is 4.72 Å². The number of sulfonamides is 1. The van der Waals surface area contributed by atoms with Gasteiger partial charge in [-0.25, -0.2) is 13.4 Å². The van der Waals surface area contributed by atoms with E-state index < -0.39 is 10.0 Å². The largest absolute Gasteiger partial charge is 0.280 e. The number of nitrogens with one attached hydrogen (secondary N) is 1. The summed E-state index contributed by atoms with van der Waals surface area (Å²) in [6, 6.07) is 12.3. The van der Waals surface area contributed by atoms with Gasteiger partial charge in [0.1, 0.15) is 0 Å². The van der Waals surface area contributed by atoms with E-state index in [0.29, 0.717) is 5.69 Å². The third-order valence-corrected chi connectivity index (χ3v) is 5.74. The lowest BCUT2D eigenvalue weighted by molar-refractivity contribution is 0.601. The molecule has 114 valence electrons. The highest BCUT2D eigenvalue weighted by molar-refractivity contribution is 7.92. The summed E-state index contributed by atoms with van der Waals surface area (Å²) in [6.07, 6.45) is 0.883. The normalized spacial score (nSPS) is 11.7.